The second-order valence-corrected chi connectivity index (χ2v) is 6.90. The number of hydrogen-bond acceptors (Lipinski definition) is 5. The third-order valence-electron chi connectivity index (χ3n) is 3.51. The number of benzene rings is 1. The predicted octanol–water partition coefficient (Wildman–Crippen LogP) is 0.633. The van der Waals surface area contributed by atoms with E-state index in [1.807, 2.05) is 0 Å². The van der Waals surface area contributed by atoms with Gasteiger partial charge in [0.15, 0.2) is 9.84 Å². The first-order valence-electron chi connectivity index (χ1n) is 7.19. The number of carbonyl (C=O) groups is 1. The zero-order valence-electron chi connectivity index (χ0n) is 12.9. The number of sulfone groups is 1. The van der Waals surface area contributed by atoms with Gasteiger partial charge in [0.25, 0.3) is 0 Å². The fourth-order valence-corrected chi connectivity index (χ4v) is 3.53. The first kappa shape index (κ1) is 17.4. The standard InChI is InChI=1S/C16H20N2O4S/c1-22-14(16(19)18-8-3-2-7-17)10-12-4-5-13-6-9-23(20,21)15(13)11-12/h2-6,9,11,14H,7-8,10,17H2,1H3,(H,18,19)/b3-2+. The molecule has 0 spiro atoms. The molecular formula is C16H20N2O4S. The van der Waals surface area contributed by atoms with Crippen LogP contribution in [0.15, 0.2) is 40.7 Å². The molecule has 0 saturated carbocycles. The van der Waals surface area contributed by atoms with E-state index in [-0.39, 0.29) is 10.8 Å². The first-order chi connectivity index (χ1) is 11.0. The van der Waals surface area contributed by atoms with Gasteiger partial charge in [-0.2, -0.15) is 0 Å². The summed E-state index contributed by atoms with van der Waals surface area (Å²) in [6.07, 6.45) is 4.69. The van der Waals surface area contributed by atoms with Crippen molar-refractivity contribution in [2.45, 2.75) is 17.4 Å². The summed E-state index contributed by atoms with van der Waals surface area (Å²) >= 11 is 0. The zero-order valence-corrected chi connectivity index (χ0v) is 13.7. The second kappa shape index (κ2) is 7.54. The van der Waals surface area contributed by atoms with E-state index in [1.54, 1.807) is 36.4 Å². The molecule has 1 atom stereocenters. The lowest BCUT2D eigenvalue weighted by Crippen LogP contribution is -2.37. The Bertz CT molecular complexity index is 738. The SMILES string of the molecule is COC(Cc1ccc2c(c1)S(=O)(=O)C=C2)C(=O)NC/C=C/CN. The van der Waals surface area contributed by atoms with Crippen LogP contribution in [0.3, 0.4) is 0 Å². The van der Waals surface area contributed by atoms with Crippen LogP contribution in [0.1, 0.15) is 11.1 Å². The largest absolute Gasteiger partial charge is 0.371 e. The number of hydrogen-bond donors (Lipinski definition) is 2. The summed E-state index contributed by atoms with van der Waals surface area (Å²) in [5.41, 5.74) is 6.72. The van der Waals surface area contributed by atoms with Crippen LogP contribution in [0.4, 0.5) is 0 Å². The van der Waals surface area contributed by atoms with Crippen molar-refractivity contribution in [3.05, 3.63) is 46.9 Å². The third kappa shape index (κ3) is 4.28. The lowest BCUT2D eigenvalue weighted by molar-refractivity contribution is -0.130. The van der Waals surface area contributed by atoms with Gasteiger partial charge in [-0.25, -0.2) is 8.42 Å². The summed E-state index contributed by atoms with van der Waals surface area (Å²) in [7, 11) is -1.90. The number of methoxy groups -OCH3 is 1. The molecule has 0 saturated heterocycles. The molecule has 1 heterocycles. The van der Waals surface area contributed by atoms with Gasteiger partial charge in [0, 0.05) is 32.0 Å². The van der Waals surface area contributed by atoms with E-state index < -0.39 is 15.9 Å². The molecule has 1 aliphatic rings. The molecule has 0 radical (unpaired) electrons. The summed E-state index contributed by atoms with van der Waals surface area (Å²) in [6.45, 7) is 0.791. The Morgan fingerprint density at radius 1 is 1.39 bits per heavy atom. The van der Waals surface area contributed by atoms with E-state index in [4.69, 9.17) is 10.5 Å². The van der Waals surface area contributed by atoms with Crippen molar-refractivity contribution in [2.75, 3.05) is 20.2 Å². The zero-order chi connectivity index (χ0) is 16.9. The average molecular weight is 336 g/mol. The first-order valence-corrected chi connectivity index (χ1v) is 8.74. The monoisotopic (exact) mass is 336 g/mol. The van der Waals surface area contributed by atoms with Crippen molar-refractivity contribution < 1.29 is 17.9 Å². The molecule has 124 valence electrons. The number of carbonyl (C=O) groups excluding carboxylic acids is 1. The number of amides is 1. The number of nitrogens with two attached hydrogens (primary N) is 1. The van der Waals surface area contributed by atoms with Gasteiger partial charge in [0.05, 0.1) is 4.90 Å². The highest BCUT2D eigenvalue weighted by atomic mass is 32.2. The normalized spacial score (nSPS) is 16.4. The number of ether oxygens (including phenoxy) is 1. The molecule has 23 heavy (non-hydrogen) atoms. The molecule has 1 amide bonds. The van der Waals surface area contributed by atoms with E-state index >= 15 is 0 Å². The fraction of sp³-hybridized carbons (Fsp3) is 0.312. The lowest BCUT2D eigenvalue weighted by atomic mass is 10.1. The van der Waals surface area contributed by atoms with E-state index in [0.29, 0.717) is 25.1 Å². The van der Waals surface area contributed by atoms with Crippen LogP contribution in [0.5, 0.6) is 0 Å². The highest BCUT2D eigenvalue weighted by molar-refractivity contribution is 7.94. The number of nitrogens with one attached hydrogen (secondary N) is 1. The smallest absolute Gasteiger partial charge is 0.249 e. The highest BCUT2D eigenvalue weighted by Crippen LogP contribution is 2.28. The van der Waals surface area contributed by atoms with Crippen molar-refractivity contribution in [3.63, 3.8) is 0 Å². The van der Waals surface area contributed by atoms with Crippen molar-refractivity contribution in [2.24, 2.45) is 5.73 Å². The lowest BCUT2D eigenvalue weighted by Gasteiger charge is -2.15. The maximum atomic E-state index is 12.1. The van der Waals surface area contributed by atoms with Crippen LogP contribution in [0.2, 0.25) is 0 Å². The summed E-state index contributed by atoms with van der Waals surface area (Å²) < 4.78 is 29.0. The molecule has 1 unspecified atom stereocenters. The van der Waals surface area contributed by atoms with Crippen LogP contribution in [-0.4, -0.2) is 40.6 Å². The van der Waals surface area contributed by atoms with Crippen LogP contribution >= 0.6 is 0 Å². The van der Waals surface area contributed by atoms with Gasteiger partial charge in [0.2, 0.25) is 5.91 Å². The Morgan fingerprint density at radius 3 is 2.87 bits per heavy atom. The van der Waals surface area contributed by atoms with Gasteiger partial charge in [-0.05, 0) is 23.3 Å². The van der Waals surface area contributed by atoms with E-state index in [9.17, 15) is 13.2 Å². The molecule has 7 heteroatoms. The highest BCUT2D eigenvalue weighted by Gasteiger charge is 2.23. The van der Waals surface area contributed by atoms with Crippen molar-refractivity contribution >= 4 is 21.8 Å². The molecule has 1 aromatic rings. The molecule has 1 aromatic carbocycles. The molecule has 1 aliphatic heterocycles. The fourth-order valence-electron chi connectivity index (χ4n) is 2.28. The van der Waals surface area contributed by atoms with Crippen LogP contribution in [0, 0.1) is 0 Å². The van der Waals surface area contributed by atoms with Gasteiger partial charge in [-0.15, -0.1) is 0 Å². The topological polar surface area (TPSA) is 98.5 Å². The average Bonchev–Trinajstić information content (AvgIpc) is 2.84. The summed E-state index contributed by atoms with van der Waals surface area (Å²) in [5.74, 6) is -0.254. The van der Waals surface area contributed by atoms with Crippen LogP contribution in [0.25, 0.3) is 6.08 Å². The van der Waals surface area contributed by atoms with Gasteiger partial charge in [0.1, 0.15) is 6.10 Å². The van der Waals surface area contributed by atoms with Crippen molar-refractivity contribution in [1.82, 2.24) is 5.32 Å². The van der Waals surface area contributed by atoms with E-state index in [1.165, 1.54) is 12.5 Å². The minimum atomic E-state index is -3.35. The van der Waals surface area contributed by atoms with Crippen LogP contribution < -0.4 is 11.1 Å². The maximum Gasteiger partial charge on any atom is 0.249 e. The molecule has 3 N–H and O–H groups in total. The molecule has 0 bridgehead atoms. The van der Waals surface area contributed by atoms with Gasteiger partial charge >= 0.3 is 0 Å². The van der Waals surface area contributed by atoms with Crippen molar-refractivity contribution in [1.29, 1.82) is 0 Å². The third-order valence-corrected chi connectivity index (χ3v) is 4.97. The number of fused-ring (bicyclic) bond motifs is 1. The molecule has 0 aliphatic carbocycles. The van der Waals surface area contributed by atoms with Crippen LogP contribution in [-0.2, 0) is 25.8 Å². The molecule has 6 nitrogen and oxygen atoms in total. The minimum absolute atomic E-state index is 0.254. The second-order valence-electron chi connectivity index (χ2n) is 5.10. The number of rotatable bonds is 7. The van der Waals surface area contributed by atoms with E-state index in [2.05, 4.69) is 5.32 Å². The molecular weight excluding hydrogens is 316 g/mol. The molecule has 0 aromatic heterocycles. The van der Waals surface area contributed by atoms with Gasteiger partial charge in [-0.3, -0.25) is 4.79 Å². The Hall–Kier alpha value is -1.96. The molecule has 0 fully saturated rings. The van der Waals surface area contributed by atoms with E-state index in [0.717, 1.165) is 5.56 Å². The summed E-state index contributed by atoms with van der Waals surface area (Å²) in [4.78, 5) is 12.3. The Labute approximate surface area is 135 Å². The minimum Gasteiger partial charge on any atom is -0.371 e. The quantitative estimate of drug-likeness (QED) is 0.712. The maximum absolute atomic E-state index is 12.1. The summed E-state index contributed by atoms with van der Waals surface area (Å²) in [5, 5.41) is 3.91. The predicted molar refractivity (Wildman–Crippen MR) is 88.4 cm³/mol. The summed E-state index contributed by atoms with van der Waals surface area (Å²) in [6, 6.07) is 5.14. The Balaban J connectivity index is 2.05. The Morgan fingerprint density at radius 2 is 2.17 bits per heavy atom. The molecule has 2 rings (SSSR count). The van der Waals surface area contributed by atoms with Gasteiger partial charge in [-0.1, -0.05) is 24.3 Å². The van der Waals surface area contributed by atoms with Crippen molar-refractivity contribution in [3.8, 4) is 0 Å². The Kier molecular flexibility index (Phi) is 5.70. The van der Waals surface area contributed by atoms with Gasteiger partial charge < -0.3 is 15.8 Å².